The van der Waals surface area contributed by atoms with Gasteiger partial charge in [-0.3, -0.25) is 0 Å². The van der Waals surface area contributed by atoms with Crippen LogP contribution in [0.4, 0.5) is 0 Å². The second-order valence-electron chi connectivity index (χ2n) is 26.9. The van der Waals surface area contributed by atoms with Crippen molar-refractivity contribution in [1.29, 1.82) is 0 Å². The summed E-state index contributed by atoms with van der Waals surface area (Å²) in [5.41, 5.74) is -0.531. The first-order valence-corrected chi connectivity index (χ1v) is 30.5. The van der Waals surface area contributed by atoms with Gasteiger partial charge in [0.25, 0.3) is 0 Å². The zero-order chi connectivity index (χ0) is 61.1. The van der Waals surface area contributed by atoms with Gasteiger partial charge in [0.05, 0.1) is 64.1 Å². The van der Waals surface area contributed by atoms with Gasteiger partial charge in [0, 0.05) is 18.3 Å². The number of ether oxygens (including phenoxy) is 12. The Bertz CT molecular complexity index is 2220. The summed E-state index contributed by atoms with van der Waals surface area (Å²) in [5, 5.41) is 188. The Kier molecular flexibility index (Phi) is 19.5. The number of hydrogen-bond donors (Lipinski definition) is 17. The van der Waals surface area contributed by atoms with Crippen LogP contribution in [-0.4, -0.2) is 304 Å². The van der Waals surface area contributed by atoms with Crippen molar-refractivity contribution in [2.45, 2.75) is 257 Å². The molecule has 7 heterocycles. The highest BCUT2D eigenvalue weighted by Crippen LogP contribution is 2.71. The maximum atomic E-state index is 12.3. The molecule has 0 aromatic rings. The lowest BCUT2D eigenvalue weighted by atomic mass is 9.44. The van der Waals surface area contributed by atoms with Crippen LogP contribution in [-0.2, 0) is 56.8 Å². The van der Waals surface area contributed by atoms with Crippen molar-refractivity contribution in [3.8, 4) is 0 Å². The smallest absolute Gasteiger partial charge is 0.187 e. The van der Waals surface area contributed by atoms with E-state index in [2.05, 4.69) is 27.7 Å². The van der Waals surface area contributed by atoms with E-state index in [1.54, 1.807) is 0 Å². The van der Waals surface area contributed by atoms with Crippen molar-refractivity contribution in [2.24, 2.45) is 52.3 Å². The maximum absolute atomic E-state index is 12.3. The molecule has 0 bridgehead atoms. The highest BCUT2D eigenvalue weighted by molar-refractivity contribution is 5.19. The third-order valence-corrected chi connectivity index (χ3v) is 22.2. The van der Waals surface area contributed by atoms with Crippen LogP contribution in [0, 0.1) is 52.3 Å². The van der Waals surface area contributed by atoms with Gasteiger partial charge >= 0.3 is 0 Å². The van der Waals surface area contributed by atoms with Crippen molar-refractivity contribution in [1.82, 2.24) is 0 Å². The predicted molar refractivity (Wildman–Crippen MR) is 278 cm³/mol. The van der Waals surface area contributed by atoms with E-state index in [-0.39, 0.29) is 52.4 Å². The number of hydrogen-bond acceptors (Lipinski definition) is 29. The van der Waals surface area contributed by atoms with Gasteiger partial charge in [-0.1, -0.05) is 27.7 Å². The van der Waals surface area contributed by atoms with Gasteiger partial charge in [-0.05, 0) is 85.4 Å². The lowest BCUT2D eigenvalue weighted by molar-refractivity contribution is -0.410. The van der Waals surface area contributed by atoms with E-state index in [0.717, 1.165) is 38.5 Å². The summed E-state index contributed by atoms with van der Waals surface area (Å²) in [5.74, 6) is 0.388. The Morgan fingerprint density at radius 3 is 1.67 bits per heavy atom. The molecule has 0 aromatic heterocycles. The van der Waals surface area contributed by atoms with Crippen molar-refractivity contribution >= 4 is 0 Å². The molecule has 0 radical (unpaired) electrons. The maximum Gasteiger partial charge on any atom is 0.187 e. The molecule has 11 fully saturated rings. The minimum atomic E-state index is -2.21. The van der Waals surface area contributed by atoms with Crippen LogP contribution in [0.25, 0.3) is 0 Å². The number of fused-ring (bicyclic) bond motifs is 7. The molecule has 7 aliphatic heterocycles. The van der Waals surface area contributed by atoms with Gasteiger partial charge in [0.15, 0.2) is 37.2 Å². The zero-order valence-electron chi connectivity index (χ0n) is 48.1. The summed E-state index contributed by atoms with van der Waals surface area (Å²) >= 11 is 0. The Balaban J connectivity index is 0.797. The van der Waals surface area contributed by atoms with Crippen LogP contribution in [0.15, 0.2) is 0 Å². The summed E-state index contributed by atoms with van der Waals surface area (Å²) in [6, 6.07) is 0. The summed E-state index contributed by atoms with van der Waals surface area (Å²) in [4.78, 5) is 0. The molecule has 490 valence electrons. The van der Waals surface area contributed by atoms with Crippen molar-refractivity contribution in [3.05, 3.63) is 0 Å². The molecule has 85 heavy (non-hydrogen) atoms. The summed E-state index contributed by atoms with van der Waals surface area (Å²) in [7, 11) is 0. The summed E-state index contributed by atoms with van der Waals surface area (Å²) in [6.45, 7) is 5.21. The number of aliphatic hydroxyl groups is 17. The molecule has 0 aromatic carbocycles. The quantitative estimate of drug-likeness (QED) is 0.0719. The van der Waals surface area contributed by atoms with E-state index < -0.39 is 205 Å². The molecule has 4 aliphatic carbocycles. The topological polar surface area (TPSA) is 455 Å². The first kappa shape index (κ1) is 65.3. The van der Waals surface area contributed by atoms with E-state index in [9.17, 15) is 86.8 Å². The van der Waals surface area contributed by atoms with Crippen LogP contribution >= 0.6 is 0 Å². The Labute approximate surface area is 491 Å². The fourth-order valence-corrected chi connectivity index (χ4v) is 17.4. The molecule has 38 atom stereocenters. The van der Waals surface area contributed by atoms with E-state index in [1.807, 2.05) is 0 Å². The van der Waals surface area contributed by atoms with E-state index >= 15 is 0 Å². The molecule has 29 heteroatoms. The van der Waals surface area contributed by atoms with Gasteiger partial charge in [0.1, 0.15) is 116 Å². The van der Waals surface area contributed by atoms with Crippen molar-refractivity contribution in [3.63, 3.8) is 0 Å². The lowest BCUT2D eigenvalue weighted by Gasteiger charge is -2.62. The summed E-state index contributed by atoms with van der Waals surface area (Å²) in [6.07, 6.45) is -42.5. The Morgan fingerprint density at radius 1 is 0.447 bits per heavy atom. The number of aliphatic hydroxyl groups excluding tert-OH is 17. The highest BCUT2D eigenvalue weighted by atomic mass is 16.8. The van der Waals surface area contributed by atoms with E-state index in [1.165, 1.54) is 0 Å². The lowest BCUT2D eigenvalue weighted by Crippen LogP contribution is -2.69. The molecular formula is C56H92O29. The average Bonchev–Trinajstić information content (AvgIpc) is 1.59. The fourth-order valence-electron chi connectivity index (χ4n) is 17.4. The molecular weight excluding hydrogens is 1140 g/mol. The molecule has 4 saturated carbocycles. The molecule has 35 unspecified atom stereocenters. The molecule has 11 rings (SSSR count). The van der Waals surface area contributed by atoms with Crippen LogP contribution in [0.1, 0.15) is 79.1 Å². The molecule has 11 aliphatic rings. The van der Waals surface area contributed by atoms with Gasteiger partial charge in [-0.15, -0.1) is 0 Å². The molecule has 17 N–H and O–H groups in total. The van der Waals surface area contributed by atoms with Gasteiger partial charge in [0.2, 0.25) is 0 Å². The van der Waals surface area contributed by atoms with Gasteiger partial charge in [-0.25, -0.2) is 0 Å². The average molecular weight is 1230 g/mol. The summed E-state index contributed by atoms with van der Waals surface area (Å²) < 4.78 is 72.8. The molecule has 0 amide bonds. The van der Waals surface area contributed by atoms with Crippen molar-refractivity contribution in [2.75, 3.05) is 39.6 Å². The third-order valence-electron chi connectivity index (χ3n) is 22.2. The van der Waals surface area contributed by atoms with Crippen LogP contribution in [0.5, 0.6) is 0 Å². The second-order valence-corrected chi connectivity index (χ2v) is 26.9. The van der Waals surface area contributed by atoms with Gasteiger partial charge < -0.3 is 144 Å². The fraction of sp³-hybridized carbons (Fsp3) is 1.00. The first-order chi connectivity index (χ1) is 40.3. The monoisotopic (exact) mass is 1230 g/mol. The zero-order valence-corrected chi connectivity index (χ0v) is 48.1. The predicted octanol–water partition coefficient (Wildman–Crippen LogP) is -6.50. The van der Waals surface area contributed by atoms with Gasteiger partial charge in [-0.2, -0.15) is 0 Å². The standard InChI is InChI=1S/C56H92O29/c1-19-7-10-56(75-17-19)20(2)31-45(85-56)37(67)32-22-6-5-21-11-26(24(61)12-55(21,4)23(22)8-9-54(31,32)3)76-50-42(72)39(69)44(30(16-60)80-50)81-53-48(47(36(66)29(15-59)79-53)83-49-40(70)33(63)25(62)18-74-49)84-52-43(73)46(35(65)28(14-58)78-52)82-51-41(71)38(68)34(64)27(13-57)77-51/h19-53,57-73H,5-18H2,1-4H3/t19?,20?,21?,22?,23?,24?,25?,26?,27?,28?,29?,30?,31?,32?,33?,34?,35?,36?,37?,38?,39?,40?,41?,42?,43?,44?,45?,46?,47?,48?,49?,50?,51?,52?,53?,54-,55+,56-/m1/s1. The SMILES string of the molecule is CC1CC[C@@]2(OC1)OC1C(O)C3C4CCC5CC(OC6OC(CO)C(OC7OC(CO)C(O)C(OC8OCC(O)C(O)C8O)C7OC7OC(CO)C(O)C(OC8OC(CO)C(O)C(O)C8O)C7O)C(O)C6O)C(O)C[C@]5(C)C4CC[C@]3(C)C1C2C. The van der Waals surface area contributed by atoms with E-state index in [4.69, 9.17) is 56.8 Å². The largest absolute Gasteiger partial charge is 0.394 e. The van der Waals surface area contributed by atoms with Crippen LogP contribution < -0.4 is 0 Å². The minimum absolute atomic E-state index is 0.00749. The first-order valence-electron chi connectivity index (χ1n) is 30.5. The number of rotatable bonds is 14. The minimum Gasteiger partial charge on any atom is -0.394 e. The third kappa shape index (κ3) is 11.3. The molecule has 7 saturated heterocycles. The van der Waals surface area contributed by atoms with Crippen LogP contribution in [0.3, 0.4) is 0 Å². The molecule has 29 nitrogen and oxygen atoms in total. The van der Waals surface area contributed by atoms with E-state index in [0.29, 0.717) is 25.4 Å². The Hall–Kier alpha value is -1.16. The highest BCUT2D eigenvalue weighted by Gasteiger charge is 2.73. The Morgan fingerprint density at radius 2 is 1.01 bits per heavy atom. The molecule has 1 spiro atoms. The van der Waals surface area contributed by atoms with Crippen LogP contribution in [0.2, 0.25) is 0 Å². The second kappa shape index (κ2) is 25.4. The normalized spacial score (nSPS) is 58.1. The van der Waals surface area contributed by atoms with Crippen molar-refractivity contribution < 1.29 is 144 Å².